The number of carbonyl (C=O) groups is 3. The average Bonchev–Trinajstić information content (AvgIpc) is 3.30. The van der Waals surface area contributed by atoms with Crippen LogP contribution in [0.4, 0.5) is 0 Å². The largest absolute Gasteiger partial charge is 0.497 e. The highest BCUT2D eigenvalue weighted by atomic mass is 16.5. The lowest BCUT2D eigenvalue weighted by Crippen LogP contribution is -2.47. The van der Waals surface area contributed by atoms with Crippen molar-refractivity contribution in [2.24, 2.45) is 11.3 Å². The first kappa shape index (κ1) is 27.1. The molecule has 3 aromatic rings. The number of rotatable bonds is 8. The zero-order valence-electron chi connectivity index (χ0n) is 22.4. The number of methoxy groups -OCH3 is 1. The van der Waals surface area contributed by atoms with Crippen LogP contribution < -0.4 is 9.47 Å². The summed E-state index contributed by atoms with van der Waals surface area (Å²) in [5, 5.41) is 10.7. The number of carboxylic acid groups (broad SMARTS) is 1. The number of carbonyl (C=O) groups excluding carboxylic acids is 2. The van der Waals surface area contributed by atoms with Crippen molar-refractivity contribution in [2.75, 3.05) is 13.7 Å². The number of likely N-dealkylation sites (tertiary alicyclic amines) is 1. The molecule has 4 rings (SSSR count). The summed E-state index contributed by atoms with van der Waals surface area (Å²) in [5.74, 6) is -0.946. The SMILES string of the molecule is COc1ccc2c(O[C@@H]3C[C@@H](C(=O)O)N(C(=O)[C@@H](CC(C)=O)C(C)(C)C)C3)cc(-c3ccccc3)nc2c1. The molecule has 3 atom stereocenters. The molecule has 0 unspecified atom stereocenters. The van der Waals surface area contributed by atoms with Gasteiger partial charge in [-0.15, -0.1) is 0 Å². The lowest BCUT2D eigenvalue weighted by atomic mass is 9.77. The van der Waals surface area contributed by atoms with Crippen molar-refractivity contribution in [3.05, 3.63) is 54.6 Å². The maximum absolute atomic E-state index is 13.6. The minimum Gasteiger partial charge on any atom is -0.497 e. The van der Waals surface area contributed by atoms with E-state index in [9.17, 15) is 19.5 Å². The quantitative estimate of drug-likeness (QED) is 0.448. The molecule has 2 aromatic carbocycles. The molecule has 0 radical (unpaired) electrons. The van der Waals surface area contributed by atoms with E-state index in [1.165, 1.54) is 11.8 Å². The van der Waals surface area contributed by atoms with Gasteiger partial charge in [0.2, 0.25) is 5.91 Å². The average molecular weight is 519 g/mol. The second-order valence-corrected chi connectivity index (χ2v) is 10.9. The number of hydrogen-bond acceptors (Lipinski definition) is 6. The molecule has 0 aliphatic carbocycles. The molecule has 0 spiro atoms. The van der Waals surface area contributed by atoms with Crippen LogP contribution in [0.5, 0.6) is 11.5 Å². The first-order chi connectivity index (χ1) is 18.0. The van der Waals surface area contributed by atoms with Crippen LogP contribution in [0.15, 0.2) is 54.6 Å². The van der Waals surface area contributed by atoms with E-state index < -0.39 is 29.4 Å². The second kappa shape index (κ2) is 10.8. The maximum atomic E-state index is 13.6. The number of ether oxygens (including phenoxy) is 2. The standard InChI is InChI=1S/C30H34N2O6/c1-18(33)13-23(30(2,3)4)28(34)32-17-21(15-26(32)29(35)36)38-27-16-24(19-9-7-6-8-10-19)31-25-14-20(37-5)11-12-22(25)27/h6-12,14,16,21,23,26H,13,15,17H2,1-5H3,(H,35,36)/t21-,23-,26+/m1/s1. The third-order valence-electron chi connectivity index (χ3n) is 7.01. The highest BCUT2D eigenvalue weighted by molar-refractivity contribution is 5.90. The van der Waals surface area contributed by atoms with Crippen molar-refractivity contribution < 1.29 is 29.0 Å². The predicted octanol–water partition coefficient (Wildman–Crippen LogP) is 4.98. The summed E-state index contributed by atoms with van der Waals surface area (Å²) >= 11 is 0. The molecule has 1 amide bonds. The summed E-state index contributed by atoms with van der Waals surface area (Å²) in [6.45, 7) is 7.23. The molecule has 200 valence electrons. The van der Waals surface area contributed by atoms with Crippen LogP contribution in [0.2, 0.25) is 0 Å². The van der Waals surface area contributed by atoms with Crippen molar-refractivity contribution in [1.29, 1.82) is 0 Å². The lowest BCUT2D eigenvalue weighted by molar-refractivity contribution is -0.152. The van der Waals surface area contributed by atoms with E-state index in [4.69, 9.17) is 14.5 Å². The highest BCUT2D eigenvalue weighted by Gasteiger charge is 2.45. The Balaban J connectivity index is 1.69. The number of carboxylic acids is 1. The van der Waals surface area contributed by atoms with Crippen LogP contribution in [0.25, 0.3) is 22.2 Å². The van der Waals surface area contributed by atoms with Crippen LogP contribution in [-0.2, 0) is 14.4 Å². The van der Waals surface area contributed by atoms with E-state index in [1.54, 1.807) is 7.11 Å². The van der Waals surface area contributed by atoms with Crippen molar-refractivity contribution >= 4 is 28.6 Å². The van der Waals surface area contributed by atoms with Gasteiger partial charge in [0.15, 0.2) is 0 Å². The minimum absolute atomic E-state index is 0.0634. The molecular formula is C30H34N2O6. The summed E-state index contributed by atoms with van der Waals surface area (Å²) in [6.07, 6.45) is -0.346. The molecular weight excluding hydrogens is 484 g/mol. The molecule has 8 nitrogen and oxygen atoms in total. The van der Waals surface area contributed by atoms with Gasteiger partial charge >= 0.3 is 5.97 Å². The molecule has 1 saturated heterocycles. The zero-order valence-corrected chi connectivity index (χ0v) is 22.4. The van der Waals surface area contributed by atoms with Gasteiger partial charge in [0.05, 0.1) is 24.9 Å². The number of Topliss-reactive ketones (excluding diaryl/α,β-unsaturated/α-hetero) is 1. The normalized spacial score (nSPS) is 18.3. The number of aliphatic carboxylic acids is 1. The number of pyridine rings is 1. The summed E-state index contributed by atoms with van der Waals surface area (Å²) in [7, 11) is 1.59. The Labute approximate surface area is 222 Å². The maximum Gasteiger partial charge on any atom is 0.326 e. The molecule has 1 N–H and O–H groups in total. The van der Waals surface area contributed by atoms with Gasteiger partial charge in [-0.25, -0.2) is 9.78 Å². The van der Waals surface area contributed by atoms with Gasteiger partial charge in [-0.3, -0.25) is 4.79 Å². The number of benzene rings is 2. The molecule has 38 heavy (non-hydrogen) atoms. The van der Waals surface area contributed by atoms with Gasteiger partial charge < -0.3 is 24.3 Å². The monoisotopic (exact) mass is 518 g/mol. The number of aromatic nitrogens is 1. The van der Waals surface area contributed by atoms with Gasteiger partial charge in [-0.1, -0.05) is 51.1 Å². The fourth-order valence-electron chi connectivity index (χ4n) is 4.95. The lowest BCUT2D eigenvalue weighted by Gasteiger charge is -2.33. The molecule has 2 heterocycles. The smallest absolute Gasteiger partial charge is 0.326 e. The first-order valence-corrected chi connectivity index (χ1v) is 12.7. The molecule has 1 aromatic heterocycles. The van der Waals surface area contributed by atoms with E-state index >= 15 is 0 Å². The van der Waals surface area contributed by atoms with Crippen molar-refractivity contribution in [3.8, 4) is 22.8 Å². The van der Waals surface area contributed by atoms with E-state index in [2.05, 4.69) is 0 Å². The third kappa shape index (κ3) is 5.79. The molecule has 1 aliphatic rings. The fourth-order valence-corrected chi connectivity index (χ4v) is 4.95. The van der Waals surface area contributed by atoms with Crippen LogP contribution in [0.3, 0.4) is 0 Å². The molecule has 8 heteroatoms. The third-order valence-corrected chi connectivity index (χ3v) is 7.01. The summed E-state index contributed by atoms with van der Waals surface area (Å²) in [5.41, 5.74) is 1.79. The Morgan fingerprint density at radius 2 is 1.82 bits per heavy atom. The second-order valence-electron chi connectivity index (χ2n) is 10.9. The van der Waals surface area contributed by atoms with Crippen LogP contribution in [-0.4, -0.2) is 58.5 Å². The van der Waals surface area contributed by atoms with E-state index in [0.717, 1.165) is 10.9 Å². The Bertz CT molecular complexity index is 1350. The number of amides is 1. The first-order valence-electron chi connectivity index (χ1n) is 12.7. The highest BCUT2D eigenvalue weighted by Crippen LogP contribution is 2.36. The zero-order chi connectivity index (χ0) is 27.6. The summed E-state index contributed by atoms with van der Waals surface area (Å²) in [6, 6.07) is 16.0. The molecule has 1 fully saturated rings. The molecule has 0 saturated carbocycles. The van der Waals surface area contributed by atoms with Crippen molar-refractivity contribution in [2.45, 2.75) is 52.7 Å². The van der Waals surface area contributed by atoms with Gasteiger partial charge in [0, 0.05) is 41.8 Å². The molecule has 1 aliphatic heterocycles. The van der Waals surface area contributed by atoms with Gasteiger partial charge in [-0.05, 0) is 24.5 Å². The minimum atomic E-state index is -1.09. The number of hydrogen-bond donors (Lipinski definition) is 1. The Morgan fingerprint density at radius 3 is 2.42 bits per heavy atom. The van der Waals surface area contributed by atoms with Gasteiger partial charge in [0.25, 0.3) is 0 Å². The van der Waals surface area contributed by atoms with Crippen LogP contribution >= 0.6 is 0 Å². The van der Waals surface area contributed by atoms with Gasteiger partial charge in [-0.2, -0.15) is 0 Å². The topological polar surface area (TPSA) is 106 Å². The number of fused-ring (bicyclic) bond motifs is 1. The van der Waals surface area contributed by atoms with Crippen LogP contribution in [0, 0.1) is 11.3 Å². The van der Waals surface area contributed by atoms with Crippen molar-refractivity contribution in [3.63, 3.8) is 0 Å². The number of nitrogens with zero attached hydrogens (tertiary/aromatic N) is 2. The summed E-state index contributed by atoms with van der Waals surface area (Å²) in [4.78, 5) is 43.9. The Morgan fingerprint density at radius 1 is 1.11 bits per heavy atom. The predicted molar refractivity (Wildman–Crippen MR) is 144 cm³/mol. The van der Waals surface area contributed by atoms with E-state index in [0.29, 0.717) is 22.7 Å². The fraction of sp³-hybridized carbons (Fsp3) is 0.400. The van der Waals surface area contributed by atoms with Crippen LogP contribution in [0.1, 0.15) is 40.5 Å². The van der Waals surface area contributed by atoms with Crippen molar-refractivity contribution in [1.82, 2.24) is 9.88 Å². The summed E-state index contributed by atoms with van der Waals surface area (Å²) < 4.78 is 11.8. The molecule has 0 bridgehead atoms. The van der Waals surface area contributed by atoms with E-state index in [-0.39, 0.29) is 31.1 Å². The Hall–Kier alpha value is -3.94. The Kier molecular flexibility index (Phi) is 7.71. The number of ketones is 1. The van der Waals surface area contributed by atoms with Gasteiger partial charge in [0.1, 0.15) is 29.4 Å². The van der Waals surface area contributed by atoms with E-state index in [1.807, 2.05) is 75.4 Å².